The molecule has 0 bridgehead atoms. The highest BCUT2D eigenvalue weighted by atomic mass is 16.5. The number of hydrogen-bond acceptors (Lipinski definition) is 2. The predicted molar refractivity (Wildman–Crippen MR) is 53.1 cm³/mol. The van der Waals surface area contributed by atoms with Crippen LogP contribution in [0.15, 0.2) is 24.3 Å². The average molecular weight is 180 g/mol. The normalized spacial score (nSPS) is 15.1. The molecule has 0 aliphatic heterocycles. The van der Waals surface area contributed by atoms with E-state index in [1.54, 1.807) is 14.0 Å². The van der Waals surface area contributed by atoms with Crippen LogP contribution in [0.25, 0.3) is 0 Å². The van der Waals surface area contributed by atoms with Gasteiger partial charge in [-0.3, -0.25) is 0 Å². The molecule has 0 spiro atoms. The molecule has 0 saturated carbocycles. The van der Waals surface area contributed by atoms with Gasteiger partial charge in [0.1, 0.15) is 5.75 Å². The molecule has 1 N–H and O–H groups in total. The largest absolute Gasteiger partial charge is 0.496 e. The van der Waals surface area contributed by atoms with Gasteiger partial charge in [-0.1, -0.05) is 25.1 Å². The summed E-state index contributed by atoms with van der Waals surface area (Å²) in [6, 6.07) is 7.78. The summed E-state index contributed by atoms with van der Waals surface area (Å²) in [5.41, 5.74) is 1.06. The standard InChI is InChI=1S/C11H16O2/c1-8(9(2)12)10-6-4-5-7-11(10)13-3/h4-9,12H,1-3H3. The zero-order valence-corrected chi connectivity index (χ0v) is 8.32. The summed E-state index contributed by atoms with van der Waals surface area (Å²) in [5.74, 6) is 0.951. The van der Waals surface area contributed by atoms with E-state index in [9.17, 15) is 5.11 Å². The van der Waals surface area contributed by atoms with Crippen molar-refractivity contribution >= 4 is 0 Å². The molecular weight excluding hydrogens is 164 g/mol. The molecule has 0 saturated heterocycles. The van der Waals surface area contributed by atoms with Gasteiger partial charge in [-0.2, -0.15) is 0 Å². The minimum absolute atomic E-state index is 0.108. The predicted octanol–water partition coefficient (Wildman–Crippen LogP) is 2.18. The minimum atomic E-state index is -0.351. The lowest BCUT2D eigenvalue weighted by Crippen LogP contribution is -2.11. The van der Waals surface area contributed by atoms with E-state index in [4.69, 9.17) is 4.74 Å². The maximum absolute atomic E-state index is 9.44. The van der Waals surface area contributed by atoms with Gasteiger partial charge in [0.25, 0.3) is 0 Å². The third-order valence-corrected chi connectivity index (χ3v) is 2.35. The lowest BCUT2D eigenvalue weighted by molar-refractivity contribution is 0.167. The van der Waals surface area contributed by atoms with E-state index in [-0.39, 0.29) is 12.0 Å². The Kier molecular flexibility index (Phi) is 3.32. The minimum Gasteiger partial charge on any atom is -0.496 e. The van der Waals surface area contributed by atoms with Crippen LogP contribution >= 0.6 is 0 Å². The molecular formula is C11H16O2. The van der Waals surface area contributed by atoms with Crippen LogP contribution in [0, 0.1) is 0 Å². The summed E-state index contributed by atoms with van der Waals surface area (Å²) in [7, 11) is 1.65. The second-order valence-corrected chi connectivity index (χ2v) is 3.27. The van der Waals surface area contributed by atoms with Gasteiger partial charge in [0.15, 0.2) is 0 Å². The molecule has 1 rings (SSSR count). The smallest absolute Gasteiger partial charge is 0.122 e. The van der Waals surface area contributed by atoms with Crippen LogP contribution in [-0.2, 0) is 0 Å². The lowest BCUT2D eigenvalue weighted by Gasteiger charge is -2.17. The molecule has 0 heterocycles. The highest BCUT2D eigenvalue weighted by molar-refractivity contribution is 5.36. The fourth-order valence-corrected chi connectivity index (χ4v) is 1.30. The maximum Gasteiger partial charge on any atom is 0.122 e. The van der Waals surface area contributed by atoms with Gasteiger partial charge in [-0.25, -0.2) is 0 Å². The zero-order valence-electron chi connectivity index (χ0n) is 8.32. The van der Waals surface area contributed by atoms with Gasteiger partial charge in [-0.05, 0) is 18.6 Å². The first kappa shape index (κ1) is 10.1. The van der Waals surface area contributed by atoms with Crippen molar-refractivity contribution in [1.29, 1.82) is 0 Å². The molecule has 0 aliphatic rings. The molecule has 0 amide bonds. The van der Waals surface area contributed by atoms with Crippen molar-refractivity contribution in [3.05, 3.63) is 29.8 Å². The Morgan fingerprint density at radius 3 is 2.38 bits per heavy atom. The molecule has 13 heavy (non-hydrogen) atoms. The van der Waals surface area contributed by atoms with Gasteiger partial charge in [0, 0.05) is 5.92 Å². The third-order valence-electron chi connectivity index (χ3n) is 2.35. The molecule has 0 radical (unpaired) electrons. The Hall–Kier alpha value is -1.02. The second kappa shape index (κ2) is 4.28. The Labute approximate surface area is 79.2 Å². The maximum atomic E-state index is 9.44. The monoisotopic (exact) mass is 180 g/mol. The average Bonchev–Trinajstić information content (AvgIpc) is 2.16. The highest BCUT2D eigenvalue weighted by Gasteiger charge is 2.14. The van der Waals surface area contributed by atoms with Crippen LogP contribution in [0.5, 0.6) is 5.75 Å². The summed E-state index contributed by atoms with van der Waals surface area (Å²) in [5, 5.41) is 9.44. The van der Waals surface area contributed by atoms with Crippen molar-refractivity contribution < 1.29 is 9.84 Å². The van der Waals surface area contributed by atoms with Crippen molar-refractivity contribution in [1.82, 2.24) is 0 Å². The Bertz CT molecular complexity index is 269. The van der Waals surface area contributed by atoms with Crippen LogP contribution in [0.2, 0.25) is 0 Å². The fourth-order valence-electron chi connectivity index (χ4n) is 1.30. The molecule has 72 valence electrons. The van der Waals surface area contributed by atoms with E-state index < -0.39 is 0 Å². The number of para-hydroxylation sites is 1. The number of rotatable bonds is 3. The highest BCUT2D eigenvalue weighted by Crippen LogP contribution is 2.27. The number of aliphatic hydroxyl groups excluding tert-OH is 1. The van der Waals surface area contributed by atoms with Crippen molar-refractivity contribution in [3.63, 3.8) is 0 Å². The van der Waals surface area contributed by atoms with Gasteiger partial charge >= 0.3 is 0 Å². The van der Waals surface area contributed by atoms with Gasteiger partial charge in [0.2, 0.25) is 0 Å². The fraction of sp³-hybridized carbons (Fsp3) is 0.455. The summed E-state index contributed by atoms with van der Waals surface area (Å²) in [6.07, 6.45) is -0.351. The molecule has 2 heteroatoms. The Balaban J connectivity index is 2.98. The van der Waals surface area contributed by atoms with E-state index in [1.165, 1.54) is 0 Å². The molecule has 1 aromatic carbocycles. The van der Waals surface area contributed by atoms with Crippen molar-refractivity contribution in [3.8, 4) is 5.75 Å². The quantitative estimate of drug-likeness (QED) is 0.772. The first-order valence-electron chi connectivity index (χ1n) is 4.47. The van der Waals surface area contributed by atoms with E-state index >= 15 is 0 Å². The number of methoxy groups -OCH3 is 1. The van der Waals surface area contributed by atoms with Crippen molar-refractivity contribution in [2.45, 2.75) is 25.9 Å². The molecule has 0 fully saturated rings. The van der Waals surface area contributed by atoms with Gasteiger partial charge < -0.3 is 9.84 Å². The summed E-state index contributed by atoms with van der Waals surface area (Å²) in [4.78, 5) is 0. The van der Waals surface area contributed by atoms with Gasteiger partial charge in [0.05, 0.1) is 13.2 Å². The molecule has 1 aromatic rings. The van der Waals surface area contributed by atoms with Crippen molar-refractivity contribution in [2.75, 3.05) is 7.11 Å². The Morgan fingerprint density at radius 1 is 1.23 bits per heavy atom. The molecule has 0 aromatic heterocycles. The molecule has 2 atom stereocenters. The summed E-state index contributed by atoms with van der Waals surface area (Å²) < 4.78 is 5.21. The van der Waals surface area contributed by atoms with Crippen LogP contribution in [0.1, 0.15) is 25.3 Å². The molecule has 0 aliphatic carbocycles. The summed E-state index contributed by atoms with van der Waals surface area (Å²) >= 11 is 0. The van der Waals surface area contributed by atoms with Crippen LogP contribution < -0.4 is 4.74 Å². The second-order valence-electron chi connectivity index (χ2n) is 3.27. The summed E-state index contributed by atoms with van der Waals surface area (Å²) in [6.45, 7) is 3.78. The number of benzene rings is 1. The van der Waals surface area contributed by atoms with Crippen LogP contribution in [0.3, 0.4) is 0 Å². The number of ether oxygens (including phenoxy) is 1. The first-order valence-corrected chi connectivity index (χ1v) is 4.47. The van der Waals surface area contributed by atoms with E-state index in [0.29, 0.717) is 0 Å². The topological polar surface area (TPSA) is 29.5 Å². The SMILES string of the molecule is COc1ccccc1C(C)C(C)O. The number of aliphatic hydroxyl groups is 1. The molecule has 2 nitrogen and oxygen atoms in total. The van der Waals surface area contributed by atoms with Crippen molar-refractivity contribution in [2.24, 2.45) is 0 Å². The van der Waals surface area contributed by atoms with E-state index in [0.717, 1.165) is 11.3 Å². The van der Waals surface area contributed by atoms with E-state index in [1.807, 2.05) is 31.2 Å². The lowest BCUT2D eigenvalue weighted by atomic mass is 9.95. The van der Waals surface area contributed by atoms with Crippen LogP contribution in [0.4, 0.5) is 0 Å². The zero-order chi connectivity index (χ0) is 9.84. The number of hydrogen-bond donors (Lipinski definition) is 1. The Morgan fingerprint density at radius 2 is 1.85 bits per heavy atom. The third kappa shape index (κ3) is 2.22. The first-order chi connectivity index (χ1) is 6.16. The molecule has 2 unspecified atom stereocenters. The van der Waals surface area contributed by atoms with Gasteiger partial charge in [-0.15, -0.1) is 0 Å². The van der Waals surface area contributed by atoms with Crippen LogP contribution in [-0.4, -0.2) is 18.3 Å². The van der Waals surface area contributed by atoms with E-state index in [2.05, 4.69) is 0 Å².